The Morgan fingerprint density at radius 2 is 2.05 bits per heavy atom. The summed E-state index contributed by atoms with van der Waals surface area (Å²) in [6, 6.07) is 5.26. The smallest absolute Gasteiger partial charge is 0.257 e. The maximum Gasteiger partial charge on any atom is 0.257 e. The molecular formula is C17H25FN2O. The number of nitrogens with zero attached hydrogens (tertiary/aromatic N) is 1. The lowest BCUT2D eigenvalue weighted by molar-refractivity contribution is 0.0628. The van der Waals surface area contributed by atoms with Gasteiger partial charge in [-0.05, 0) is 44.4 Å². The molecule has 1 aliphatic rings. The second kappa shape index (κ2) is 7.55. The van der Waals surface area contributed by atoms with Crippen LogP contribution in [-0.2, 0) is 0 Å². The molecule has 0 bridgehead atoms. The summed E-state index contributed by atoms with van der Waals surface area (Å²) in [5, 5.41) is 0. The van der Waals surface area contributed by atoms with Gasteiger partial charge in [-0.25, -0.2) is 4.39 Å². The van der Waals surface area contributed by atoms with Gasteiger partial charge in [0.1, 0.15) is 5.82 Å². The van der Waals surface area contributed by atoms with Crippen LogP contribution in [0.2, 0.25) is 0 Å². The molecule has 0 spiro atoms. The highest BCUT2D eigenvalue weighted by atomic mass is 19.1. The Hall–Kier alpha value is -1.42. The molecule has 0 atom stereocenters. The van der Waals surface area contributed by atoms with E-state index in [1.807, 2.05) is 4.90 Å². The zero-order valence-corrected chi connectivity index (χ0v) is 12.8. The van der Waals surface area contributed by atoms with Gasteiger partial charge in [-0.1, -0.05) is 31.4 Å². The maximum atomic E-state index is 14.2. The number of aryl methyl sites for hydroxylation is 1. The summed E-state index contributed by atoms with van der Waals surface area (Å²) in [6.45, 7) is 2.86. The number of hydrogen-bond donors (Lipinski definition) is 1. The van der Waals surface area contributed by atoms with Crippen LogP contribution in [0.4, 0.5) is 4.39 Å². The summed E-state index contributed by atoms with van der Waals surface area (Å²) in [7, 11) is 0. The Bertz CT molecular complexity index is 484. The fraction of sp³-hybridized carbons (Fsp3) is 0.588. The van der Waals surface area contributed by atoms with Crippen LogP contribution < -0.4 is 5.73 Å². The molecule has 1 fully saturated rings. The molecule has 21 heavy (non-hydrogen) atoms. The fourth-order valence-electron chi connectivity index (χ4n) is 3.07. The fourth-order valence-corrected chi connectivity index (χ4v) is 3.07. The Morgan fingerprint density at radius 3 is 2.71 bits per heavy atom. The number of amides is 1. The first-order chi connectivity index (χ1) is 10.1. The van der Waals surface area contributed by atoms with Crippen molar-refractivity contribution in [1.82, 2.24) is 4.90 Å². The molecule has 0 saturated heterocycles. The molecule has 116 valence electrons. The van der Waals surface area contributed by atoms with Crippen LogP contribution in [0, 0.1) is 12.7 Å². The predicted octanol–water partition coefficient (Wildman–Crippen LogP) is 3.26. The molecule has 0 unspecified atom stereocenters. The van der Waals surface area contributed by atoms with Crippen LogP contribution in [0.1, 0.15) is 54.4 Å². The van der Waals surface area contributed by atoms with Gasteiger partial charge < -0.3 is 10.6 Å². The highest BCUT2D eigenvalue weighted by molar-refractivity contribution is 5.95. The Kier molecular flexibility index (Phi) is 5.74. The number of benzene rings is 1. The number of nitrogens with two attached hydrogens (primary N) is 1. The zero-order valence-electron chi connectivity index (χ0n) is 12.8. The van der Waals surface area contributed by atoms with Gasteiger partial charge in [0.15, 0.2) is 0 Å². The molecule has 2 N–H and O–H groups in total. The Morgan fingerprint density at radius 1 is 1.33 bits per heavy atom. The van der Waals surface area contributed by atoms with Crippen LogP contribution in [0.5, 0.6) is 0 Å². The number of halogens is 1. The standard InChI is InChI=1S/C17H25FN2O/c1-13-7-5-10-15(16(13)18)17(21)20(12-6-11-19)14-8-3-2-4-9-14/h5,7,10,14H,2-4,6,8-9,11-12,19H2,1H3. The van der Waals surface area contributed by atoms with Crippen LogP contribution >= 0.6 is 0 Å². The summed E-state index contributed by atoms with van der Waals surface area (Å²) < 4.78 is 14.2. The minimum atomic E-state index is -0.393. The van der Waals surface area contributed by atoms with E-state index in [-0.39, 0.29) is 17.5 Å². The van der Waals surface area contributed by atoms with Crippen molar-refractivity contribution >= 4 is 5.91 Å². The van der Waals surface area contributed by atoms with Crippen LogP contribution in [0.3, 0.4) is 0 Å². The monoisotopic (exact) mass is 292 g/mol. The van der Waals surface area contributed by atoms with Crippen molar-refractivity contribution < 1.29 is 9.18 Å². The number of carbonyl (C=O) groups excluding carboxylic acids is 1. The molecule has 1 saturated carbocycles. The summed E-state index contributed by atoms with van der Waals surface area (Å²) in [6.07, 6.45) is 6.32. The molecule has 1 aromatic carbocycles. The van der Waals surface area contributed by atoms with E-state index in [9.17, 15) is 9.18 Å². The van der Waals surface area contributed by atoms with E-state index < -0.39 is 5.82 Å². The third-order valence-corrected chi connectivity index (χ3v) is 4.30. The molecule has 4 heteroatoms. The average Bonchev–Trinajstić information content (AvgIpc) is 2.51. The van der Waals surface area contributed by atoms with E-state index in [4.69, 9.17) is 5.73 Å². The molecule has 0 radical (unpaired) electrons. The number of carbonyl (C=O) groups is 1. The molecule has 0 aromatic heterocycles. The third kappa shape index (κ3) is 3.82. The Labute approximate surface area is 126 Å². The van der Waals surface area contributed by atoms with Crippen LogP contribution in [0.25, 0.3) is 0 Å². The molecule has 3 nitrogen and oxygen atoms in total. The summed E-state index contributed by atoms with van der Waals surface area (Å²) in [5.74, 6) is -0.576. The second-order valence-electron chi connectivity index (χ2n) is 5.87. The van der Waals surface area contributed by atoms with Gasteiger partial charge in [0.25, 0.3) is 5.91 Å². The molecule has 1 aromatic rings. The lowest BCUT2D eigenvalue weighted by Gasteiger charge is -2.34. The van der Waals surface area contributed by atoms with Crippen molar-refractivity contribution in [3.05, 3.63) is 35.1 Å². The van der Waals surface area contributed by atoms with Crippen molar-refractivity contribution in [2.45, 2.75) is 51.5 Å². The minimum Gasteiger partial charge on any atom is -0.336 e. The first kappa shape index (κ1) is 16.0. The van der Waals surface area contributed by atoms with Crippen LogP contribution in [0.15, 0.2) is 18.2 Å². The first-order valence-corrected chi connectivity index (χ1v) is 7.91. The highest BCUT2D eigenvalue weighted by Crippen LogP contribution is 2.25. The lowest BCUT2D eigenvalue weighted by atomic mass is 9.93. The van der Waals surface area contributed by atoms with E-state index in [0.29, 0.717) is 18.7 Å². The van der Waals surface area contributed by atoms with E-state index in [1.165, 1.54) is 6.42 Å². The molecule has 1 amide bonds. The Balaban J connectivity index is 2.22. The van der Waals surface area contributed by atoms with Crippen molar-refractivity contribution in [1.29, 1.82) is 0 Å². The SMILES string of the molecule is Cc1cccc(C(=O)N(CCCN)C2CCCCC2)c1F. The van der Waals surface area contributed by atoms with Crippen LogP contribution in [-0.4, -0.2) is 29.9 Å². The van der Waals surface area contributed by atoms with E-state index in [1.54, 1.807) is 25.1 Å². The lowest BCUT2D eigenvalue weighted by Crippen LogP contribution is -2.43. The first-order valence-electron chi connectivity index (χ1n) is 7.91. The highest BCUT2D eigenvalue weighted by Gasteiger charge is 2.27. The van der Waals surface area contributed by atoms with Gasteiger partial charge >= 0.3 is 0 Å². The second-order valence-corrected chi connectivity index (χ2v) is 5.87. The van der Waals surface area contributed by atoms with Gasteiger partial charge in [-0.15, -0.1) is 0 Å². The maximum absolute atomic E-state index is 14.2. The summed E-state index contributed by atoms with van der Waals surface area (Å²) in [4.78, 5) is 14.6. The number of hydrogen-bond acceptors (Lipinski definition) is 2. The minimum absolute atomic E-state index is 0.184. The van der Waals surface area contributed by atoms with Gasteiger partial charge in [0.2, 0.25) is 0 Å². The summed E-state index contributed by atoms with van der Waals surface area (Å²) >= 11 is 0. The van der Waals surface area contributed by atoms with Gasteiger partial charge in [-0.3, -0.25) is 4.79 Å². The van der Waals surface area contributed by atoms with Gasteiger partial charge in [0, 0.05) is 12.6 Å². The topological polar surface area (TPSA) is 46.3 Å². The van der Waals surface area contributed by atoms with Crippen molar-refractivity contribution in [2.75, 3.05) is 13.1 Å². The molecule has 0 aliphatic heterocycles. The number of rotatable bonds is 5. The van der Waals surface area contributed by atoms with Crippen molar-refractivity contribution in [3.8, 4) is 0 Å². The zero-order chi connectivity index (χ0) is 15.2. The van der Waals surface area contributed by atoms with E-state index in [0.717, 1.165) is 32.1 Å². The average molecular weight is 292 g/mol. The third-order valence-electron chi connectivity index (χ3n) is 4.30. The normalized spacial score (nSPS) is 16.0. The predicted molar refractivity (Wildman–Crippen MR) is 82.7 cm³/mol. The van der Waals surface area contributed by atoms with Gasteiger partial charge in [0.05, 0.1) is 5.56 Å². The summed E-state index contributed by atoms with van der Waals surface area (Å²) in [5.41, 5.74) is 6.30. The van der Waals surface area contributed by atoms with Gasteiger partial charge in [-0.2, -0.15) is 0 Å². The molecule has 2 rings (SSSR count). The van der Waals surface area contributed by atoms with Crippen molar-refractivity contribution in [3.63, 3.8) is 0 Å². The molecular weight excluding hydrogens is 267 g/mol. The quantitative estimate of drug-likeness (QED) is 0.905. The van der Waals surface area contributed by atoms with E-state index in [2.05, 4.69) is 0 Å². The van der Waals surface area contributed by atoms with Crippen molar-refractivity contribution in [2.24, 2.45) is 5.73 Å². The molecule has 0 heterocycles. The van der Waals surface area contributed by atoms with E-state index >= 15 is 0 Å². The largest absolute Gasteiger partial charge is 0.336 e. The molecule has 1 aliphatic carbocycles.